The Kier molecular flexibility index (Phi) is 6.02. The lowest BCUT2D eigenvalue weighted by molar-refractivity contribution is -0.117. The van der Waals surface area contributed by atoms with Crippen LogP contribution in [0, 0.1) is 5.92 Å². The molecule has 1 saturated carbocycles. The number of aliphatic imine (C=N–C) groups is 1. The zero-order chi connectivity index (χ0) is 25.8. The van der Waals surface area contributed by atoms with Gasteiger partial charge in [0.15, 0.2) is 21.3 Å². The van der Waals surface area contributed by atoms with Crippen molar-refractivity contribution < 1.29 is 22.0 Å². The van der Waals surface area contributed by atoms with E-state index >= 15 is 0 Å². The van der Waals surface area contributed by atoms with Gasteiger partial charge in [-0.15, -0.1) is 11.8 Å². The van der Waals surface area contributed by atoms with Gasteiger partial charge in [0.25, 0.3) is 6.43 Å². The maximum Gasteiger partial charge on any atom is 0.295 e. The molecule has 0 spiro atoms. The number of aromatic amines is 1. The first-order valence-corrected chi connectivity index (χ1v) is 14.1. The van der Waals surface area contributed by atoms with E-state index in [9.17, 15) is 22.0 Å². The molecule has 2 aromatic heterocycles. The van der Waals surface area contributed by atoms with Crippen LogP contribution in [-0.4, -0.2) is 51.9 Å². The first kappa shape index (κ1) is 24.6. The summed E-state index contributed by atoms with van der Waals surface area (Å²) in [5.74, 6) is 0.0435. The molecule has 1 aromatic carbocycles. The number of benzene rings is 1. The molecule has 3 aromatic rings. The van der Waals surface area contributed by atoms with Crippen LogP contribution in [0.15, 0.2) is 34.2 Å². The minimum absolute atomic E-state index is 0.0196. The van der Waals surface area contributed by atoms with Crippen molar-refractivity contribution in [2.75, 3.05) is 22.6 Å². The van der Waals surface area contributed by atoms with Crippen LogP contribution in [-0.2, 0) is 14.6 Å². The first-order valence-electron chi connectivity index (χ1n) is 11.2. The fraction of sp³-hybridized carbons (Fsp3) is 0.391. The van der Waals surface area contributed by atoms with Crippen molar-refractivity contribution in [2.45, 2.75) is 43.5 Å². The van der Waals surface area contributed by atoms with E-state index in [1.165, 1.54) is 6.07 Å². The van der Waals surface area contributed by atoms with Gasteiger partial charge < -0.3 is 15.6 Å². The van der Waals surface area contributed by atoms with Gasteiger partial charge in [0.1, 0.15) is 11.3 Å². The molecule has 0 saturated heterocycles. The number of anilines is 3. The highest BCUT2D eigenvalue weighted by Gasteiger charge is 2.30. The number of aromatic nitrogens is 3. The summed E-state index contributed by atoms with van der Waals surface area (Å²) >= 11 is 1.55. The molecular formula is C23H24F2N6O3S2. The van der Waals surface area contributed by atoms with Crippen LogP contribution in [0.2, 0.25) is 0 Å². The summed E-state index contributed by atoms with van der Waals surface area (Å²) in [5.41, 5.74) is 1.02. The summed E-state index contributed by atoms with van der Waals surface area (Å²) < 4.78 is 52.1. The number of nitrogens with zero attached hydrogens (tertiary/aromatic N) is 3. The van der Waals surface area contributed by atoms with E-state index in [0.717, 1.165) is 29.9 Å². The summed E-state index contributed by atoms with van der Waals surface area (Å²) in [7, 11) is -3.69. The Morgan fingerprint density at radius 3 is 2.56 bits per heavy atom. The van der Waals surface area contributed by atoms with E-state index in [2.05, 4.69) is 30.6 Å². The minimum atomic E-state index is -3.69. The number of fused-ring (bicyclic) bond motifs is 1. The molecule has 1 aliphatic heterocycles. The fourth-order valence-electron chi connectivity index (χ4n) is 3.79. The number of nitrogens with one attached hydrogen (secondary N) is 3. The van der Waals surface area contributed by atoms with Crippen molar-refractivity contribution in [2.24, 2.45) is 10.9 Å². The number of carbonyl (C=O) groups is 1. The maximum atomic E-state index is 13.4. The summed E-state index contributed by atoms with van der Waals surface area (Å²) in [4.78, 5) is 27.6. The first-order chi connectivity index (χ1) is 16.9. The summed E-state index contributed by atoms with van der Waals surface area (Å²) in [6.45, 7) is 4.01. The predicted octanol–water partition coefficient (Wildman–Crippen LogP) is 4.66. The number of sulfone groups is 1. The summed E-state index contributed by atoms with van der Waals surface area (Å²) in [6, 6.07) is 6.37. The van der Waals surface area contributed by atoms with Crippen LogP contribution in [0.4, 0.5) is 26.0 Å². The topological polar surface area (TPSA) is 129 Å². The zero-order valence-electron chi connectivity index (χ0n) is 19.7. The van der Waals surface area contributed by atoms with Crippen LogP contribution in [0.3, 0.4) is 0 Å². The number of H-pyrrole nitrogens is 1. The van der Waals surface area contributed by atoms with E-state index in [0.29, 0.717) is 5.56 Å². The predicted molar refractivity (Wildman–Crippen MR) is 136 cm³/mol. The number of halogens is 2. The highest BCUT2D eigenvalue weighted by molar-refractivity contribution is 8.14. The monoisotopic (exact) mass is 534 g/mol. The Bertz CT molecular complexity index is 1510. The number of rotatable bonds is 7. The molecule has 2 aliphatic rings. The van der Waals surface area contributed by atoms with Crippen LogP contribution in [0.5, 0.6) is 0 Å². The second-order valence-electron chi connectivity index (χ2n) is 9.56. The third kappa shape index (κ3) is 5.07. The molecule has 9 nitrogen and oxygen atoms in total. The quantitative estimate of drug-likeness (QED) is 0.402. The molecule has 0 atom stereocenters. The molecule has 36 heavy (non-hydrogen) atoms. The third-order valence-corrected chi connectivity index (χ3v) is 8.33. The standard InChI is InChI=1S/C23H24F2N6O3S2/c1-23(2)10-35-22(31-23)12-6-7-13(15(8-12)36(3,33)34)26-14-9-16(28-21(32)11-4-5-11)27-19-17(14)29-20(30-19)18(24)25/h6-9,11,18H,4-5,10H2,1-3H3,(H3,26,27,28,29,30,32). The van der Waals surface area contributed by atoms with Gasteiger partial charge in [0.2, 0.25) is 5.91 Å². The van der Waals surface area contributed by atoms with Crippen molar-refractivity contribution in [3.63, 3.8) is 0 Å². The Balaban J connectivity index is 1.58. The molecule has 5 rings (SSSR count). The minimum Gasteiger partial charge on any atom is -0.352 e. The molecule has 1 amide bonds. The highest BCUT2D eigenvalue weighted by Crippen LogP contribution is 2.36. The van der Waals surface area contributed by atoms with Crippen molar-refractivity contribution >= 4 is 60.9 Å². The molecule has 1 aliphatic carbocycles. The van der Waals surface area contributed by atoms with Crippen LogP contribution < -0.4 is 10.6 Å². The van der Waals surface area contributed by atoms with Gasteiger partial charge in [-0.2, -0.15) is 0 Å². The Morgan fingerprint density at radius 1 is 1.19 bits per heavy atom. The third-order valence-electron chi connectivity index (χ3n) is 5.74. The lowest BCUT2D eigenvalue weighted by Crippen LogP contribution is -2.15. The van der Waals surface area contributed by atoms with Crippen LogP contribution >= 0.6 is 11.8 Å². The molecule has 0 bridgehead atoms. The largest absolute Gasteiger partial charge is 0.352 e. The van der Waals surface area contributed by atoms with Gasteiger partial charge in [-0.25, -0.2) is 27.2 Å². The normalized spacial score (nSPS) is 17.4. The smallest absolute Gasteiger partial charge is 0.295 e. The molecule has 3 heterocycles. The lowest BCUT2D eigenvalue weighted by Gasteiger charge is -2.14. The molecule has 13 heteroatoms. The van der Waals surface area contributed by atoms with E-state index in [-0.39, 0.29) is 50.6 Å². The van der Waals surface area contributed by atoms with Gasteiger partial charge in [-0.1, -0.05) is 6.07 Å². The van der Waals surface area contributed by atoms with Gasteiger partial charge >= 0.3 is 0 Å². The summed E-state index contributed by atoms with van der Waals surface area (Å²) in [6.07, 6.45) is -0.207. The SMILES string of the molecule is CC1(C)CSC(c2ccc(Nc3cc(NC(=O)C4CC4)nc4[nH]c(C(F)F)nc34)c(S(C)(=O)=O)c2)=N1. The zero-order valence-corrected chi connectivity index (χ0v) is 21.4. The van der Waals surface area contributed by atoms with Gasteiger partial charge in [0, 0.05) is 29.6 Å². The number of alkyl halides is 2. The molecule has 190 valence electrons. The maximum absolute atomic E-state index is 13.4. The van der Waals surface area contributed by atoms with E-state index in [4.69, 9.17) is 0 Å². The van der Waals surface area contributed by atoms with Crippen molar-refractivity contribution in [1.29, 1.82) is 0 Å². The average molecular weight is 535 g/mol. The number of hydrogen-bond acceptors (Lipinski definition) is 8. The van der Waals surface area contributed by atoms with E-state index < -0.39 is 22.1 Å². The molecule has 0 unspecified atom stereocenters. The van der Waals surface area contributed by atoms with Crippen molar-refractivity contribution in [3.05, 3.63) is 35.7 Å². The number of hydrogen-bond donors (Lipinski definition) is 3. The van der Waals surface area contributed by atoms with Crippen molar-refractivity contribution in [3.8, 4) is 0 Å². The second kappa shape index (κ2) is 8.80. The second-order valence-corrected chi connectivity index (χ2v) is 12.5. The molecule has 3 N–H and O–H groups in total. The van der Waals surface area contributed by atoms with Gasteiger partial charge in [0.05, 0.1) is 26.9 Å². The van der Waals surface area contributed by atoms with Crippen LogP contribution in [0.1, 0.15) is 44.5 Å². The number of imidazole rings is 1. The highest BCUT2D eigenvalue weighted by atomic mass is 32.2. The average Bonchev–Trinajstić information content (AvgIpc) is 3.45. The number of carbonyl (C=O) groups excluding carboxylic acids is 1. The summed E-state index contributed by atoms with van der Waals surface area (Å²) in [5, 5.41) is 6.47. The fourth-order valence-corrected chi connectivity index (χ4v) is 5.81. The molecular weight excluding hydrogens is 510 g/mol. The van der Waals surface area contributed by atoms with E-state index in [1.807, 2.05) is 13.8 Å². The Labute approximate surface area is 210 Å². The molecule has 1 fully saturated rings. The van der Waals surface area contributed by atoms with Crippen molar-refractivity contribution in [1.82, 2.24) is 15.0 Å². The van der Waals surface area contributed by atoms with Gasteiger partial charge in [-0.05, 0) is 38.8 Å². The van der Waals surface area contributed by atoms with Gasteiger partial charge in [-0.3, -0.25) is 9.79 Å². The number of amides is 1. The van der Waals surface area contributed by atoms with Crippen LogP contribution in [0.25, 0.3) is 11.2 Å². The Morgan fingerprint density at radius 2 is 1.94 bits per heavy atom. The van der Waals surface area contributed by atoms with E-state index in [1.54, 1.807) is 30.0 Å². The lowest BCUT2D eigenvalue weighted by atomic mass is 10.1. The number of pyridine rings is 1. The Hall–Kier alpha value is -3.06. The number of thioether (sulfide) groups is 1. The molecule has 0 radical (unpaired) electrons.